The van der Waals surface area contributed by atoms with Crippen molar-refractivity contribution < 1.29 is 9.21 Å². The third-order valence-electron chi connectivity index (χ3n) is 3.12. The Kier molecular flexibility index (Phi) is 3.66. The first-order chi connectivity index (χ1) is 9.27. The molecule has 1 aromatic heterocycles. The lowest BCUT2D eigenvalue weighted by atomic mass is 9.87. The highest BCUT2D eigenvalue weighted by atomic mass is 16.4. The number of nitrogens with one attached hydrogen (secondary N) is 1. The number of hydrogen-bond donors (Lipinski definition) is 1. The van der Waals surface area contributed by atoms with Gasteiger partial charge in [-0.25, -0.2) is 4.98 Å². The zero-order valence-electron chi connectivity index (χ0n) is 12.6. The van der Waals surface area contributed by atoms with Crippen molar-refractivity contribution in [3.05, 3.63) is 47.2 Å². The first-order valence-electron chi connectivity index (χ1n) is 6.63. The highest BCUT2D eigenvalue weighted by Crippen LogP contribution is 2.23. The Morgan fingerprint density at radius 2 is 1.75 bits per heavy atom. The van der Waals surface area contributed by atoms with Crippen LogP contribution in [0.15, 0.2) is 28.7 Å². The molecule has 2 aromatic rings. The van der Waals surface area contributed by atoms with Crippen molar-refractivity contribution in [1.29, 1.82) is 0 Å². The van der Waals surface area contributed by atoms with E-state index in [4.69, 9.17) is 4.42 Å². The fourth-order valence-electron chi connectivity index (χ4n) is 1.98. The van der Waals surface area contributed by atoms with Gasteiger partial charge in [0.2, 0.25) is 5.76 Å². The summed E-state index contributed by atoms with van der Waals surface area (Å²) in [6.45, 7) is 9.94. The maximum atomic E-state index is 12.1. The van der Waals surface area contributed by atoms with E-state index in [2.05, 4.69) is 31.1 Å². The number of amides is 1. The number of oxazole rings is 1. The van der Waals surface area contributed by atoms with E-state index in [-0.39, 0.29) is 17.1 Å². The van der Waals surface area contributed by atoms with Gasteiger partial charge in [0.25, 0.3) is 5.91 Å². The molecule has 0 spiro atoms. The molecule has 106 valence electrons. The van der Waals surface area contributed by atoms with Gasteiger partial charge in [0.1, 0.15) is 0 Å². The fraction of sp³-hybridized carbons (Fsp3) is 0.375. The zero-order chi connectivity index (χ0) is 14.9. The minimum atomic E-state index is -0.272. The lowest BCUT2D eigenvalue weighted by molar-refractivity contribution is 0.0994. The van der Waals surface area contributed by atoms with Gasteiger partial charge in [-0.15, -0.1) is 0 Å². The van der Waals surface area contributed by atoms with Gasteiger partial charge in [-0.05, 0) is 30.0 Å². The summed E-state index contributed by atoms with van der Waals surface area (Å²) >= 11 is 0. The van der Waals surface area contributed by atoms with Crippen LogP contribution in [0.25, 0.3) is 0 Å². The van der Waals surface area contributed by atoms with Crippen LogP contribution in [0.5, 0.6) is 0 Å². The summed E-state index contributed by atoms with van der Waals surface area (Å²) < 4.78 is 5.30. The van der Waals surface area contributed by atoms with Crippen molar-refractivity contribution in [2.45, 2.75) is 40.0 Å². The molecule has 20 heavy (non-hydrogen) atoms. The van der Waals surface area contributed by atoms with Crippen LogP contribution in [-0.2, 0) is 5.41 Å². The largest absolute Gasteiger partial charge is 0.436 e. The second-order valence-corrected chi connectivity index (χ2v) is 5.93. The monoisotopic (exact) mass is 272 g/mol. The van der Waals surface area contributed by atoms with Gasteiger partial charge in [-0.2, -0.15) is 0 Å². The van der Waals surface area contributed by atoms with E-state index >= 15 is 0 Å². The molecule has 0 saturated carbocycles. The molecule has 0 unspecified atom stereocenters. The van der Waals surface area contributed by atoms with Crippen molar-refractivity contribution in [3.8, 4) is 0 Å². The van der Waals surface area contributed by atoms with Crippen LogP contribution in [0.1, 0.15) is 48.5 Å². The summed E-state index contributed by atoms with van der Waals surface area (Å²) in [5.74, 6) is 0.490. The standard InChI is InChI=1S/C16H20N2O2/c1-10-14(20-11(2)17-10)15(19)18-13-8-6-12(7-9-13)16(3,4)5/h6-9H,1-5H3,(H,18,19). The third-order valence-corrected chi connectivity index (χ3v) is 3.12. The van der Waals surface area contributed by atoms with Crippen molar-refractivity contribution >= 4 is 11.6 Å². The molecule has 4 nitrogen and oxygen atoms in total. The van der Waals surface area contributed by atoms with E-state index < -0.39 is 0 Å². The number of hydrogen-bond acceptors (Lipinski definition) is 3. The molecule has 0 atom stereocenters. The van der Waals surface area contributed by atoms with E-state index in [1.54, 1.807) is 13.8 Å². The summed E-state index contributed by atoms with van der Waals surface area (Å²) in [5, 5.41) is 2.82. The van der Waals surface area contributed by atoms with Gasteiger partial charge >= 0.3 is 0 Å². The van der Waals surface area contributed by atoms with Crippen molar-refractivity contribution in [1.82, 2.24) is 4.98 Å². The summed E-state index contributed by atoms with van der Waals surface area (Å²) in [4.78, 5) is 16.2. The number of rotatable bonds is 2. The maximum Gasteiger partial charge on any atom is 0.293 e. The Balaban J connectivity index is 2.14. The molecule has 0 aliphatic heterocycles. The minimum absolute atomic E-state index is 0.0984. The van der Waals surface area contributed by atoms with Crippen LogP contribution >= 0.6 is 0 Å². The first-order valence-corrected chi connectivity index (χ1v) is 6.63. The molecule has 0 bridgehead atoms. The van der Waals surface area contributed by atoms with Crippen LogP contribution in [0.2, 0.25) is 0 Å². The topological polar surface area (TPSA) is 55.1 Å². The van der Waals surface area contributed by atoms with E-state index in [0.29, 0.717) is 11.6 Å². The van der Waals surface area contributed by atoms with Gasteiger partial charge in [-0.3, -0.25) is 4.79 Å². The number of aryl methyl sites for hydroxylation is 2. The third kappa shape index (κ3) is 3.07. The van der Waals surface area contributed by atoms with Crippen molar-refractivity contribution in [3.63, 3.8) is 0 Å². The molecule has 0 radical (unpaired) electrons. The van der Waals surface area contributed by atoms with Crippen LogP contribution in [0, 0.1) is 13.8 Å². The van der Waals surface area contributed by atoms with Crippen LogP contribution in [0.4, 0.5) is 5.69 Å². The van der Waals surface area contributed by atoms with E-state index in [0.717, 1.165) is 5.69 Å². The zero-order valence-corrected chi connectivity index (χ0v) is 12.6. The predicted octanol–water partition coefficient (Wildman–Crippen LogP) is 3.84. The number of anilines is 1. The molecule has 0 aliphatic carbocycles. The van der Waals surface area contributed by atoms with Gasteiger partial charge < -0.3 is 9.73 Å². The molecule has 4 heteroatoms. The van der Waals surface area contributed by atoms with E-state index in [9.17, 15) is 4.79 Å². The summed E-state index contributed by atoms with van der Waals surface area (Å²) in [5.41, 5.74) is 2.67. The maximum absolute atomic E-state index is 12.1. The van der Waals surface area contributed by atoms with Crippen molar-refractivity contribution in [2.75, 3.05) is 5.32 Å². The molecule has 2 rings (SSSR count). The number of benzene rings is 1. The van der Waals surface area contributed by atoms with Crippen molar-refractivity contribution in [2.24, 2.45) is 0 Å². The molecule has 0 fully saturated rings. The Hall–Kier alpha value is -2.10. The van der Waals surface area contributed by atoms with Gasteiger partial charge in [0.15, 0.2) is 5.89 Å². The number of carbonyl (C=O) groups is 1. The Morgan fingerprint density at radius 3 is 2.20 bits per heavy atom. The molecular weight excluding hydrogens is 252 g/mol. The first kappa shape index (κ1) is 14.3. The lowest BCUT2D eigenvalue weighted by Crippen LogP contribution is -2.14. The number of aromatic nitrogens is 1. The highest BCUT2D eigenvalue weighted by molar-refractivity contribution is 6.02. The van der Waals surface area contributed by atoms with Gasteiger partial charge in [0, 0.05) is 12.6 Å². The SMILES string of the molecule is Cc1nc(C)c(C(=O)Nc2ccc(C(C)(C)C)cc2)o1. The lowest BCUT2D eigenvalue weighted by Gasteiger charge is -2.19. The molecule has 1 heterocycles. The Bertz CT molecular complexity index is 619. The van der Waals surface area contributed by atoms with Gasteiger partial charge in [-0.1, -0.05) is 32.9 Å². The smallest absolute Gasteiger partial charge is 0.293 e. The minimum Gasteiger partial charge on any atom is -0.436 e. The molecule has 1 aromatic carbocycles. The van der Waals surface area contributed by atoms with Crippen LogP contribution in [0.3, 0.4) is 0 Å². The quantitative estimate of drug-likeness (QED) is 0.903. The summed E-state index contributed by atoms with van der Waals surface area (Å²) in [6.07, 6.45) is 0. The second-order valence-electron chi connectivity index (χ2n) is 5.93. The van der Waals surface area contributed by atoms with E-state index in [1.165, 1.54) is 5.56 Å². The Labute approximate surface area is 119 Å². The van der Waals surface area contributed by atoms with Gasteiger partial charge in [0.05, 0.1) is 5.69 Å². The number of carbonyl (C=O) groups excluding carboxylic acids is 1. The summed E-state index contributed by atoms with van der Waals surface area (Å²) in [6, 6.07) is 7.84. The summed E-state index contributed by atoms with van der Waals surface area (Å²) in [7, 11) is 0. The normalized spacial score (nSPS) is 11.4. The average Bonchev–Trinajstić information content (AvgIpc) is 2.68. The van der Waals surface area contributed by atoms with Crippen LogP contribution in [-0.4, -0.2) is 10.9 Å². The second kappa shape index (κ2) is 5.12. The Morgan fingerprint density at radius 1 is 1.15 bits per heavy atom. The molecule has 1 N–H and O–H groups in total. The molecular formula is C16H20N2O2. The molecule has 1 amide bonds. The predicted molar refractivity (Wildman–Crippen MR) is 79.1 cm³/mol. The number of nitrogens with zero attached hydrogens (tertiary/aromatic N) is 1. The molecule has 0 aliphatic rings. The van der Waals surface area contributed by atoms with E-state index in [1.807, 2.05) is 24.3 Å². The highest BCUT2D eigenvalue weighted by Gasteiger charge is 2.17. The fourth-order valence-corrected chi connectivity index (χ4v) is 1.98. The average molecular weight is 272 g/mol. The molecule has 0 saturated heterocycles. The van der Waals surface area contributed by atoms with Crippen LogP contribution < -0.4 is 5.32 Å².